The van der Waals surface area contributed by atoms with Crippen molar-refractivity contribution in [2.45, 2.75) is 99.8 Å². The first-order chi connectivity index (χ1) is 9.60. The van der Waals surface area contributed by atoms with E-state index in [-0.39, 0.29) is 6.10 Å². The van der Waals surface area contributed by atoms with Gasteiger partial charge in [-0.1, -0.05) is 0 Å². The average molecular weight is 343 g/mol. The van der Waals surface area contributed by atoms with Gasteiger partial charge in [-0.25, -0.2) is 0 Å². The summed E-state index contributed by atoms with van der Waals surface area (Å²) >= 11 is -1.67. The third kappa shape index (κ3) is 10.0. The number of allylic oxidation sites excluding steroid dienone is 1. The van der Waals surface area contributed by atoms with Gasteiger partial charge >= 0.3 is 130 Å². The van der Waals surface area contributed by atoms with Gasteiger partial charge in [0.15, 0.2) is 0 Å². The molecule has 0 bridgehead atoms. The maximum atomic E-state index is 9.37. The SMILES string of the molecule is CCC[CH2][Ge]([CH2]/C=C\C[C@@H](C)O)([CH2]CCC)[CH2]CCC. The second kappa shape index (κ2) is 12.9. The molecule has 0 radical (unpaired) electrons. The van der Waals surface area contributed by atoms with Crippen LogP contribution in [0.25, 0.3) is 0 Å². The molecule has 1 nitrogen and oxygen atoms in total. The van der Waals surface area contributed by atoms with E-state index in [1.54, 1.807) is 15.8 Å². The molecular weight excluding hydrogens is 305 g/mol. The Kier molecular flexibility index (Phi) is 13.1. The Bertz CT molecular complexity index is 214. The summed E-state index contributed by atoms with van der Waals surface area (Å²) in [5, 5.41) is 15.5. The van der Waals surface area contributed by atoms with Gasteiger partial charge in [0.05, 0.1) is 0 Å². The number of hydrogen-bond acceptors (Lipinski definition) is 1. The molecule has 0 amide bonds. The molecule has 0 saturated heterocycles. The molecule has 0 spiro atoms. The maximum absolute atomic E-state index is 9.37. The zero-order chi connectivity index (χ0) is 15.3. The number of aliphatic hydroxyl groups excluding tert-OH is 1. The molecule has 0 heterocycles. The molecule has 0 fully saturated rings. The van der Waals surface area contributed by atoms with E-state index in [0.717, 1.165) is 6.42 Å². The summed E-state index contributed by atoms with van der Waals surface area (Å²) < 4.78 is 0. The molecule has 0 aromatic rings. The first kappa shape index (κ1) is 20.2. The van der Waals surface area contributed by atoms with Gasteiger partial charge in [0.25, 0.3) is 0 Å². The van der Waals surface area contributed by atoms with Crippen LogP contribution in [0.3, 0.4) is 0 Å². The van der Waals surface area contributed by atoms with Crippen molar-refractivity contribution in [2.75, 3.05) is 0 Å². The Morgan fingerprint density at radius 1 is 0.850 bits per heavy atom. The number of aliphatic hydroxyl groups is 1. The molecule has 0 aliphatic carbocycles. The Morgan fingerprint density at radius 3 is 1.65 bits per heavy atom. The first-order valence-corrected chi connectivity index (χ1v) is 14.9. The van der Waals surface area contributed by atoms with Crippen LogP contribution in [0.15, 0.2) is 12.2 Å². The topological polar surface area (TPSA) is 20.2 Å². The van der Waals surface area contributed by atoms with E-state index in [1.165, 1.54) is 43.8 Å². The molecule has 1 N–H and O–H groups in total. The van der Waals surface area contributed by atoms with Crippen LogP contribution in [0, 0.1) is 0 Å². The van der Waals surface area contributed by atoms with Crippen LogP contribution in [0.1, 0.15) is 72.6 Å². The summed E-state index contributed by atoms with van der Waals surface area (Å²) in [5.74, 6) is 0. The van der Waals surface area contributed by atoms with Gasteiger partial charge in [0, 0.05) is 0 Å². The van der Waals surface area contributed by atoms with Crippen LogP contribution in [0.2, 0.25) is 21.0 Å². The second-order valence-corrected chi connectivity index (χ2v) is 16.9. The predicted octanol–water partition coefficient (Wildman–Crippen LogP) is 6.16. The quantitative estimate of drug-likeness (QED) is 0.314. The van der Waals surface area contributed by atoms with Crippen LogP contribution < -0.4 is 0 Å². The molecule has 2 heteroatoms. The number of unbranched alkanes of at least 4 members (excludes halogenated alkanes) is 3. The molecule has 0 aliphatic rings. The van der Waals surface area contributed by atoms with Crippen LogP contribution in [0.5, 0.6) is 0 Å². The Balaban J connectivity index is 4.61. The van der Waals surface area contributed by atoms with Crippen molar-refractivity contribution in [1.82, 2.24) is 0 Å². The summed E-state index contributed by atoms with van der Waals surface area (Å²) in [6.45, 7) is 8.87. The van der Waals surface area contributed by atoms with Gasteiger partial charge in [0.2, 0.25) is 0 Å². The average Bonchev–Trinajstić information content (AvgIpc) is 2.44. The number of hydrogen-bond donors (Lipinski definition) is 1. The minimum atomic E-state index is -1.67. The Hall–Kier alpha value is 0.243. The fraction of sp³-hybridized carbons (Fsp3) is 0.889. The van der Waals surface area contributed by atoms with Gasteiger partial charge in [-0.05, 0) is 0 Å². The fourth-order valence-electron chi connectivity index (χ4n) is 2.96. The van der Waals surface area contributed by atoms with E-state index in [1.807, 2.05) is 6.92 Å². The summed E-state index contributed by atoms with van der Waals surface area (Å²) in [5.41, 5.74) is 0. The van der Waals surface area contributed by atoms with Crippen molar-refractivity contribution in [3.05, 3.63) is 12.2 Å². The van der Waals surface area contributed by atoms with Gasteiger partial charge in [0.1, 0.15) is 0 Å². The van der Waals surface area contributed by atoms with Crippen molar-refractivity contribution in [2.24, 2.45) is 0 Å². The van der Waals surface area contributed by atoms with E-state index in [9.17, 15) is 5.11 Å². The van der Waals surface area contributed by atoms with Crippen LogP contribution in [-0.4, -0.2) is 24.5 Å². The van der Waals surface area contributed by atoms with E-state index < -0.39 is 13.3 Å². The molecule has 0 aliphatic heterocycles. The normalized spacial score (nSPS) is 14.1. The molecular formula is C18H38GeO. The molecule has 0 unspecified atom stereocenters. The second-order valence-electron chi connectivity index (χ2n) is 6.57. The van der Waals surface area contributed by atoms with Crippen LogP contribution in [0.4, 0.5) is 0 Å². The minimum absolute atomic E-state index is 0.185. The molecule has 0 saturated carbocycles. The molecule has 0 aromatic carbocycles. The van der Waals surface area contributed by atoms with Crippen LogP contribution >= 0.6 is 0 Å². The Morgan fingerprint density at radius 2 is 1.30 bits per heavy atom. The van der Waals surface area contributed by atoms with Gasteiger partial charge in [-0.2, -0.15) is 0 Å². The number of rotatable bonds is 13. The summed E-state index contributed by atoms with van der Waals surface area (Å²) in [4.78, 5) is 0. The standard InChI is InChI=1S/C18H38GeO/c1-5-8-14-19(15-9-6-2,16-10-7-3)17-12-11-13-18(4)20/h11-12,18,20H,5-10,13-17H2,1-4H3/b12-11-/t18-/m1/s1. The van der Waals surface area contributed by atoms with E-state index in [0.29, 0.717) is 0 Å². The van der Waals surface area contributed by atoms with Crippen molar-refractivity contribution in [3.63, 3.8) is 0 Å². The molecule has 0 rings (SSSR count). The Labute approximate surface area is 130 Å². The molecule has 120 valence electrons. The first-order valence-electron chi connectivity index (χ1n) is 8.93. The van der Waals surface area contributed by atoms with Gasteiger partial charge < -0.3 is 0 Å². The molecule has 20 heavy (non-hydrogen) atoms. The third-order valence-electron chi connectivity index (χ3n) is 4.38. The van der Waals surface area contributed by atoms with E-state index in [4.69, 9.17) is 0 Å². The molecule has 1 atom stereocenters. The third-order valence-corrected chi connectivity index (χ3v) is 15.6. The van der Waals surface area contributed by atoms with Crippen molar-refractivity contribution < 1.29 is 5.11 Å². The zero-order valence-electron chi connectivity index (χ0n) is 14.5. The van der Waals surface area contributed by atoms with Crippen molar-refractivity contribution in [1.29, 1.82) is 0 Å². The fourth-order valence-corrected chi connectivity index (χ4v) is 14.2. The van der Waals surface area contributed by atoms with Crippen molar-refractivity contribution >= 4 is 13.3 Å². The van der Waals surface area contributed by atoms with Crippen molar-refractivity contribution in [3.8, 4) is 0 Å². The van der Waals surface area contributed by atoms with Gasteiger partial charge in [-0.3, -0.25) is 0 Å². The predicted molar refractivity (Wildman–Crippen MR) is 95.1 cm³/mol. The van der Waals surface area contributed by atoms with Crippen LogP contribution in [-0.2, 0) is 0 Å². The monoisotopic (exact) mass is 344 g/mol. The van der Waals surface area contributed by atoms with E-state index >= 15 is 0 Å². The molecule has 0 aromatic heterocycles. The summed E-state index contributed by atoms with van der Waals surface area (Å²) in [6.07, 6.45) is 13.7. The zero-order valence-corrected chi connectivity index (χ0v) is 16.6. The van der Waals surface area contributed by atoms with Gasteiger partial charge in [-0.15, -0.1) is 0 Å². The summed E-state index contributed by atoms with van der Waals surface area (Å²) in [7, 11) is 0. The van der Waals surface area contributed by atoms with E-state index in [2.05, 4.69) is 32.9 Å². The summed E-state index contributed by atoms with van der Waals surface area (Å²) in [6, 6.07) is 0.